The molecule has 0 atom stereocenters. The van der Waals surface area contributed by atoms with Gasteiger partial charge in [0.15, 0.2) is 5.13 Å². The van der Waals surface area contributed by atoms with Crippen molar-refractivity contribution in [1.82, 2.24) is 14.8 Å². The summed E-state index contributed by atoms with van der Waals surface area (Å²) in [4.78, 5) is 41.7. The van der Waals surface area contributed by atoms with Crippen LogP contribution < -0.4 is 10.9 Å². The van der Waals surface area contributed by atoms with Crippen molar-refractivity contribution < 1.29 is 14.3 Å². The van der Waals surface area contributed by atoms with E-state index in [1.54, 1.807) is 38.1 Å². The molecule has 29 heavy (non-hydrogen) atoms. The van der Waals surface area contributed by atoms with Gasteiger partial charge >= 0.3 is 5.97 Å². The van der Waals surface area contributed by atoms with E-state index in [0.717, 1.165) is 11.3 Å². The lowest BCUT2D eigenvalue weighted by atomic mass is 10.1. The van der Waals surface area contributed by atoms with Gasteiger partial charge in [-0.05, 0) is 33.8 Å². The molecule has 0 aliphatic carbocycles. The number of hydrogen-bond donors (Lipinski definition) is 1. The first-order valence-electron chi connectivity index (χ1n) is 9.26. The van der Waals surface area contributed by atoms with Crippen LogP contribution in [0.3, 0.4) is 0 Å². The molecule has 1 amide bonds. The number of anilines is 1. The maximum Gasteiger partial charge on any atom is 0.350 e. The lowest BCUT2D eigenvalue weighted by molar-refractivity contribution is -0.115. The Kier molecular flexibility index (Phi) is 6.07. The molecule has 9 heteroatoms. The summed E-state index contributed by atoms with van der Waals surface area (Å²) >= 11 is 1.07. The van der Waals surface area contributed by atoms with Crippen LogP contribution in [-0.4, -0.2) is 33.2 Å². The van der Waals surface area contributed by atoms with Gasteiger partial charge in [0.25, 0.3) is 5.56 Å². The number of thiazole rings is 1. The monoisotopic (exact) mass is 414 g/mol. The molecule has 0 aliphatic heterocycles. The minimum Gasteiger partial charge on any atom is -0.462 e. The Morgan fingerprint density at radius 1 is 1.24 bits per heavy atom. The average Bonchev–Trinajstić information content (AvgIpc) is 3.04. The minimum atomic E-state index is -0.459. The van der Waals surface area contributed by atoms with E-state index in [4.69, 9.17) is 4.74 Å². The molecule has 2 aromatic heterocycles. The Balaban J connectivity index is 1.87. The second-order valence-corrected chi connectivity index (χ2v) is 7.71. The molecule has 152 valence electrons. The third kappa shape index (κ3) is 4.34. The Hall–Kier alpha value is -3.07. The Morgan fingerprint density at radius 3 is 2.59 bits per heavy atom. The van der Waals surface area contributed by atoms with E-state index in [0.29, 0.717) is 32.2 Å². The zero-order chi connectivity index (χ0) is 21.1. The number of nitrogens with one attached hydrogen (secondary N) is 1. The standard InChI is InChI=1S/C20H22N4O4S/c1-5-28-19(27)17-12(4)21-20(29-17)22-16(25)10-15-13-8-6-7-9-14(13)18(26)24(23-15)11(2)3/h6-9,11H,5,10H2,1-4H3,(H,21,22,25). The number of benzene rings is 1. The number of esters is 1. The van der Waals surface area contributed by atoms with E-state index in [9.17, 15) is 14.4 Å². The summed E-state index contributed by atoms with van der Waals surface area (Å²) < 4.78 is 6.38. The van der Waals surface area contributed by atoms with Crippen LogP contribution in [0.25, 0.3) is 10.8 Å². The molecular weight excluding hydrogens is 392 g/mol. The molecule has 0 radical (unpaired) electrons. The second kappa shape index (κ2) is 8.52. The van der Waals surface area contributed by atoms with Gasteiger partial charge in [-0.2, -0.15) is 5.10 Å². The fourth-order valence-electron chi connectivity index (χ4n) is 2.91. The van der Waals surface area contributed by atoms with E-state index >= 15 is 0 Å². The summed E-state index contributed by atoms with van der Waals surface area (Å²) in [6.07, 6.45) is -0.0269. The first-order chi connectivity index (χ1) is 13.8. The number of rotatable bonds is 6. The molecule has 0 spiro atoms. The molecule has 0 bridgehead atoms. The van der Waals surface area contributed by atoms with Gasteiger partial charge in [-0.3, -0.25) is 9.59 Å². The summed E-state index contributed by atoms with van der Waals surface area (Å²) in [7, 11) is 0. The minimum absolute atomic E-state index is 0.0269. The van der Waals surface area contributed by atoms with Crippen LogP contribution in [0, 0.1) is 6.92 Å². The van der Waals surface area contributed by atoms with Crippen molar-refractivity contribution in [3.05, 3.63) is 50.9 Å². The van der Waals surface area contributed by atoms with Gasteiger partial charge in [0.2, 0.25) is 5.91 Å². The zero-order valence-electron chi connectivity index (χ0n) is 16.7. The van der Waals surface area contributed by atoms with Gasteiger partial charge in [0, 0.05) is 5.39 Å². The Bertz CT molecular complexity index is 1130. The van der Waals surface area contributed by atoms with Crippen LogP contribution in [0.2, 0.25) is 0 Å². The lowest BCUT2D eigenvalue weighted by Crippen LogP contribution is -2.27. The molecule has 0 aliphatic rings. The number of carbonyl (C=O) groups excluding carboxylic acids is 2. The topological polar surface area (TPSA) is 103 Å². The summed E-state index contributed by atoms with van der Waals surface area (Å²) in [5.74, 6) is -0.791. The largest absolute Gasteiger partial charge is 0.462 e. The number of hydrogen-bond acceptors (Lipinski definition) is 7. The van der Waals surface area contributed by atoms with Crippen LogP contribution in [0.15, 0.2) is 29.1 Å². The molecule has 1 N–H and O–H groups in total. The van der Waals surface area contributed by atoms with Crippen molar-refractivity contribution in [2.45, 2.75) is 40.2 Å². The van der Waals surface area contributed by atoms with Crippen LogP contribution in [0.4, 0.5) is 5.13 Å². The van der Waals surface area contributed by atoms with Crippen molar-refractivity contribution in [3.63, 3.8) is 0 Å². The van der Waals surface area contributed by atoms with Crippen LogP contribution in [0.5, 0.6) is 0 Å². The van der Waals surface area contributed by atoms with Crippen molar-refractivity contribution in [2.24, 2.45) is 0 Å². The predicted octanol–water partition coefficient (Wildman–Crippen LogP) is 3.10. The molecule has 0 saturated heterocycles. The van der Waals surface area contributed by atoms with E-state index in [2.05, 4.69) is 15.4 Å². The fourth-order valence-corrected chi connectivity index (χ4v) is 3.78. The van der Waals surface area contributed by atoms with Gasteiger partial charge in [-0.25, -0.2) is 14.5 Å². The zero-order valence-corrected chi connectivity index (χ0v) is 17.5. The third-order valence-corrected chi connectivity index (χ3v) is 5.28. The molecule has 1 aromatic carbocycles. The molecule has 8 nitrogen and oxygen atoms in total. The van der Waals surface area contributed by atoms with Crippen LogP contribution in [-0.2, 0) is 16.0 Å². The number of ether oxygens (including phenoxy) is 1. The van der Waals surface area contributed by atoms with Gasteiger partial charge in [0.1, 0.15) is 4.88 Å². The normalized spacial score (nSPS) is 11.1. The molecule has 3 rings (SSSR count). The maximum absolute atomic E-state index is 12.6. The van der Waals surface area contributed by atoms with E-state index in [-0.39, 0.29) is 30.5 Å². The highest BCUT2D eigenvalue weighted by Crippen LogP contribution is 2.24. The van der Waals surface area contributed by atoms with E-state index in [1.165, 1.54) is 4.68 Å². The lowest BCUT2D eigenvalue weighted by Gasteiger charge is -2.13. The first kappa shape index (κ1) is 20.7. The second-order valence-electron chi connectivity index (χ2n) is 6.71. The van der Waals surface area contributed by atoms with Crippen LogP contribution >= 0.6 is 11.3 Å². The summed E-state index contributed by atoms with van der Waals surface area (Å²) in [5.41, 5.74) is 0.820. The SMILES string of the molecule is CCOC(=O)c1sc(NC(=O)Cc2nn(C(C)C)c(=O)c3ccccc23)nc1C. The average molecular weight is 414 g/mol. The number of nitrogens with zero attached hydrogens (tertiary/aromatic N) is 3. The molecular formula is C20H22N4O4S. The number of carbonyl (C=O) groups is 2. The van der Waals surface area contributed by atoms with Crippen LogP contribution in [0.1, 0.15) is 47.9 Å². The molecule has 3 aromatic rings. The van der Waals surface area contributed by atoms with E-state index < -0.39 is 5.97 Å². The van der Waals surface area contributed by atoms with Crippen molar-refractivity contribution in [3.8, 4) is 0 Å². The third-order valence-electron chi connectivity index (χ3n) is 4.23. The maximum atomic E-state index is 12.6. The first-order valence-corrected chi connectivity index (χ1v) is 10.1. The fraction of sp³-hybridized carbons (Fsp3) is 0.350. The van der Waals surface area contributed by atoms with Gasteiger partial charge in [-0.1, -0.05) is 29.5 Å². The van der Waals surface area contributed by atoms with Gasteiger partial charge < -0.3 is 10.1 Å². The highest BCUT2D eigenvalue weighted by molar-refractivity contribution is 7.17. The Labute approximate surface area is 171 Å². The quantitative estimate of drug-likeness (QED) is 0.622. The Morgan fingerprint density at radius 2 is 1.93 bits per heavy atom. The van der Waals surface area contributed by atoms with Gasteiger partial charge in [-0.15, -0.1) is 0 Å². The number of aromatic nitrogens is 3. The highest BCUT2D eigenvalue weighted by atomic mass is 32.1. The molecule has 0 unspecified atom stereocenters. The van der Waals surface area contributed by atoms with Crippen molar-refractivity contribution in [2.75, 3.05) is 11.9 Å². The number of fused-ring (bicyclic) bond motifs is 1. The summed E-state index contributed by atoms with van der Waals surface area (Å²) in [5, 5.41) is 8.60. The molecule has 0 saturated carbocycles. The summed E-state index contributed by atoms with van der Waals surface area (Å²) in [6, 6.07) is 6.97. The highest BCUT2D eigenvalue weighted by Gasteiger charge is 2.19. The van der Waals surface area contributed by atoms with E-state index in [1.807, 2.05) is 13.8 Å². The van der Waals surface area contributed by atoms with Crippen molar-refractivity contribution >= 4 is 39.1 Å². The molecule has 0 fully saturated rings. The smallest absolute Gasteiger partial charge is 0.350 e. The predicted molar refractivity (Wildman–Crippen MR) is 112 cm³/mol. The summed E-state index contributed by atoms with van der Waals surface area (Å²) in [6.45, 7) is 7.41. The van der Waals surface area contributed by atoms with Crippen molar-refractivity contribution in [1.29, 1.82) is 0 Å². The number of aryl methyl sites for hydroxylation is 1. The van der Waals surface area contributed by atoms with Gasteiger partial charge in [0.05, 0.1) is 35.8 Å². The molecule has 2 heterocycles. The number of amides is 1.